The van der Waals surface area contributed by atoms with Gasteiger partial charge in [-0.1, -0.05) is 0 Å². The summed E-state index contributed by atoms with van der Waals surface area (Å²) in [6.07, 6.45) is 0. The number of halogens is 1. The zero-order valence-corrected chi connectivity index (χ0v) is 20.6. The molecule has 9 heteroatoms. The van der Waals surface area contributed by atoms with Gasteiger partial charge in [0.1, 0.15) is 0 Å². The van der Waals surface area contributed by atoms with Crippen molar-refractivity contribution in [3.63, 3.8) is 0 Å². The topological polar surface area (TPSA) is 75.3 Å². The van der Waals surface area contributed by atoms with Crippen molar-refractivity contribution in [1.82, 2.24) is 19.8 Å². The number of nitrogens with one attached hydrogen (secondary N) is 1. The number of aryl methyl sites for hydroxylation is 1. The number of benzene rings is 3. The Morgan fingerprint density at radius 2 is 1.79 bits per heavy atom. The third kappa shape index (κ3) is 3.61. The Hall–Kier alpha value is -3.16. The summed E-state index contributed by atoms with van der Waals surface area (Å²) in [6, 6.07) is 21.1. The minimum atomic E-state index is 0.138. The first kappa shape index (κ1) is 20.4. The number of anilines is 2. The van der Waals surface area contributed by atoms with E-state index in [1.807, 2.05) is 36.4 Å². The Bertz CT molecular complexity index is 1620. The van der Waals surface area contributed by atoms with E-state index in [0.717, 1.165) is 31.9 Å². The number of fused-ring (bicyclic) bond motifs is 2. The monoisotopic (exact) mass is 537 g/mol. The molecule has 0 atom stereocenters. The van der Waals surface area contributed by atoms with Gasteiger partial charge in [-0.2, -0.15) is 0 Å². The van der Waals surface area contributed by atoms with Crippen molar-refractivity contribution in [2.75, 3.05) is 5.32 Å². The van der Waals surface area contributed by atoms with E-state index in [-0.39, 0.29) is 20.3 Å². The fourth-order valence-electron chi connectivity index (χ4n) is 3.80. The normalized spacial score (nSPS) is 11.5. The van der Waals surface area contributed by atoms with E-state index in [0.29, 0.717) is 5.82 Å². The van der Waals surface area contributed by atoms with Gasteiger partial charge < -0.3 is 0 Å². The molecular formula is C24H16ClN5OSSe. The number of phenolic OH excluding ortho intramolecular Hbond substituents is 1. The Morgan fingerprint density at radius 1 is 1.00 bits per heavy atom. The van der Waals surface area contributed by atoms with E-state index >= 15 is 0 Å². The summed E-state index contributed by atoms with van der Waals surface area (Å²) in [4.78, 5) is 0.750. The SMILES string of the molecule is Cc1c(-c2nn3c(-c4ccc(O)cc4)nnc3s2)[se]c2cccc(Nc3ccc(Cl)cc3)c12. The second-order valence-corrected chi connectivity index (χ2v) is 11.1. The first-order valence-electron chi connectivity index (χ1n) is 10.1. The van der Waals surface area contributed by atoms with Crippen LogP contribution >= 0.6 is 22.9 Å². The zero-order chi connectivity index (χ0) is 22.5. The standard InChI is InChI=1S/C24H16ClN5OSSe/c1-13-20-18(26-16-9-7-15(25)8-10-16)3-2-4-19(20)33-21(13)23-29-30-22(27-28-24(30)32-23)14-5-11-17(31)12-6-14/h2-12,26,31H,1H3. The van der Waals surface area contributed by atoms with Gasteiger partial charge in [0.05, 0.1) is 0 Å². The van der Waals surface area contributed by atoms with E-state index in [4.69, 9.17) is 16.7 Å². The average Bonchev–Trinajstić information content (AvgIpc) is 3.49. The summed E-state index contributed by atoms with van der Waals surface area (Å²) in [5, 5.41) is 29.6. The quantitative estimate of drug-likeness (QED) is 0.265. The van der Waals surface area contributed by atoms with Crippen LogP contribution in [0.1, 0.15) is 5.56 Å². The van der Waals surface area contributed by atoms with Crippen LogP contribution in [0.25, 0.3) is 35.4 Å². The van der Waals surface area contributed by atoms with Crippen molar-refractivity contribution in [3.05, 3.63) is 77.3 Å². The van der Waals surface area contributed by atoms with Crippen LogP contribution in [0.4, 0.5) is 11.4 Å². The van der Waals surface area contributed by atoms with E-state index < -0.39 is 0 Å². The Labute approximate surface area is 203 Å². The van der Waals surface area contributed by atoms with Crippen LogP contribution < -0.4 is 5.32 Å². The summed E-state index contributed by atoms with van der Waals surface area (Å²) in [6.45, 7) is 2.17. The van der Waals surface area contributed by atoms with Gasteiger partial charge in [0, 0.05) is 0 Å². The van der Waals surface area contributed by atoms with Gasteiger partial charge in [-0.25, -0.2) is 0 Å². The van der Waals surface area contributed by atoms with Crippen LogP contribution in [-0.2, 0) is 0 Å². The van der Waals surface area contributed by atoms with E-state index in [9.17, 15) is 5.11 Å². The number of hydrogen-bond acceptors (Lipinski definition) is 6. The molecule has 0 unspecified atom stereocenters. The van der Waals surface area contributed by atoms with Crippen LogP contribution in [0.2, 0.25) is 5.02 Å². The molecule has 0 saturated heterocycles. The molecular weight excluding hydrogens is 521 g/mol. The average molecular weight is 537 g/mol. The van der Waals surface area contributed by atoms with Gasteiger partial charge in [-0.15, -0.1) is 0 Å². The minimum absolute atomic E-state index is 0.138. The number of aromatic hydroxyl groups is 1. The van der Waals surface area contributed by atoms with Crippen LogP contribution in [0, 0.1) is 6.92 Å². The maximum atomic E-state index is 9.59. The van der Waals surface area contributed by atoms with Crippen molar-refractivity contribution >= 4 is 63.4 Å². The molecule has 0 amide bonds. The van der Waals surface area contributed by atoms with Crippen molar-refractivity contribution in [1.29, 1.82) is 0 Å². The fourth-order valence-corrected chi connectivity index (χ4v) is 7.58. The fraction of sp³-hybridized carbons (Fsp3) is 0.0417. The molecule has 0 aliphatic carbocycles. The summed E-state index contributed by atoms with van der Waals surface area (Å²) in [7, 11) is 0. The first-order chi connectivity index (χ1) is 16.1. The van der Waals surface area contributed by atoms with Gasteiger partial charge in [0.15, 0.2) is 0 Å². The van der Waals surface area contributed by atoms with Crippen LogP contribution in [0.5, 0.6) is 5.75 Å². The molecule has 3 aromatic carbocycles. The molecule has 0 spiro atoms. The first-order valence-corrected chi connectivity index (χ1v) is 13.0. The van der Waals surface area contributed by atoms with E-state index in [1.54, 1.807) is 28.0 Å². The Kier molecular flexibility index (Phi) is 4.96. The predicted octanol–water partition coefficient (Wildman–Crippen LogP) is 6.14. The molecule has 0 aliphatic rings. The summed E-state index contributed by atoms with van der Waals surface area (Å²) in [5.41, 5.74) is 4.17. The molecule has 6 aromatic rings. The van der Waals surface area contributed by atoms with Crippen LogP contribution in [0.15, 0.2) is 66.7 Å². The third-order valence-electron chi connectivity index (χ3n) is 5.39. The number of hydrogen-bond donors (Lipinski definition) is 2. The van der Waals surface area contributed by atoms with Gasteiger partial charge in [0.25, 0.3) is 0 Å². The molecule has 0 saturated carbocycles. The molecule has 2 N–H and O–H groups in total. The third-order valence-corrected chi connectivity index (χ3v) is 9.50. The maximum absolute atomic E-state index is 9.59. The molecule has 0 fully saturated rings. The summed E-state index contributed by atoms with van der Waals surface area (Å²) < 4.78 is 4.38. The molecule has 6 nitrogen and oxygen atoms in total. The van der Waals surface area contributed by atoms with Crippen LogP contribution in [0.3, 0.4) is 0 Å². The molecule has 162 valence electrons. The number of rotatable bonds is 4. The number of aromatic nitrogens is 4. The molecule has 3 heterocycles. The molecule has 33 heavy (non-hydrogen) atoms. The van der Waals surface area contributed by atoms with Crippen molar-refractivity contribution in [2.45, 2.75) is 6.92 Å². The zero-order valence-electron chi connectivity index (χ0n) is 17.3. The summed E-state index contributed by atoms with van der Waals surface area (Å²) in [5.74, 6) is 0.882. The predicted molar refractivity (Wildman–Crippen MR) is 135 cm³/mol. The summed E-state index contributed by atoms with van der Waals surface area (Å²) >= 11 is 7.73. The number of nitrogens with zero attached hydrogens (tertiary/aromatic N) is 4. The molecule has 0 bridgehead atoms. The van der Waals surface area contributed by atoms with Gasteiger partial charge in [0.2, 0.25) is 0 Å². The van der Waals surface area contributed by atoms with E-state index in [1.165, 1.54) is 19.6 Å². The molecule has 3 aromatic heterocycles. The molecule has 0 aliphatic heterocycles. The van der Waals surface area contributed by atoms with Gasteiger partial charge in [-0.3, -0.25) is 0 Å². The molecule has 6 rings (SSSR count). The second kappa shape index (κ2) is 8.01. The van der Waals surface area contributed by atoms with Crippen molar-refractivity contribution < 1.29 is 5.11 Å². The van der Waals surface area contributed by atoms with Gasteiger partial charge in [-0.05, 0) is 0 Å². The molecule has 0 radical (unpaired) electrons. The van der Waals surface area contributed by atoms with Crippen molar-refractivity contribution in [2.24, 2.45) is 0 Å². The van der Waals surface area contributed by atoms with Crippen LogP contribution in [-0.4, -0.2) is 39.4 Å². The van der Waals surface area contributed by atoms with Crippen molar-refractivity contribution in [3.8, 4) is 26.6 Å². The number of phenols is 1. The Balaban J connectivity index is 1.43. The van der Waals surface area contributed by atoms with Gasteiger partial charge >= 0.3 is 204 Å². The second-order valence-electron chi connectivity index (χ2n) is 7.54. The Morgan fingerprint density at radius 3 is 2.58 bits per heavy atom. The van der Waals surface area contributed by atoms with E-state index in [2.05, 4.69) is 40.6 Å².